The zero-order valence-electron chi connectivity index (χ0n) is 11.3. The zero-order valence-corrected chi connectivity index (χ0v) is 12.8. The van der Waals surface area contributed by atoms with Gasteiger partial charge in [0.2, 0.25) is 5.91 Å². The Labute approximate surface area is 133 Å². The van der Waals surface area contributed by atoms with Crippen molar-refractivity contribution in [1.82, 2.24) is 4.90 Å². The molecule has 1 aliphatic rings. The highest BCUT2D eigenvalue weighted by Crippen LogP contribution is 2.29. The van der Waals surface area contributed by atoms with Crippen LogP contribution in [0.2, 0.25) is 10.0 Å². The summed E-state index contributed by atoms with van der Waals surface area (Å²) in [7, 11) is 0. The van der Waals surface area contributed by atoms with Crippen LogP contribution in [0, 0.1) is 0 Å². The summed E-state index contributed by atoms with van der Waals surface area (Å²) in [5, 5.41) is 3.61. The molecule has 0 saturated heterocycles. The van der Waals surface area contributed by atoms with Gasteiger partial charge in [-0.05, 0) is 23.3 Å². The number of anilines is 1. The normalized spacial score (nSPS) is 14.0. The van der Waals surface area contributed by atoms with E-state index in [4.69, 9.17) is 23.2 Å². The molecular formula is C16H14Cl2N2O. The molecule has 1 amide bonds. The number of fused-ring (bicyclic) bond motifs is 1. The van der Waals surface area contributed by atoms with E-state index in [9.17, 15) is 4.79 Å². The molecule has 3 rings (SSSR count). The molecule has 0 saturated carbocycles. The van der Waals surface area contributed by atoms with Gasteiger partial charge in [-0.3, -0.25) is 9.69 Å². The van der Waals surface area contributed by atoms with Gasteiger partial charge in [0.05, 0.1) is 22.3 Å². The van der Waals surface area contributed by atoms with Crippen molar-refractivity contribution < 1.29 is 4.79 Å². The van der Waals surface area contributed by atoms with Gasteiger partial charge in [0.15, 0.2) is 0 Å². The standard InChI is InChI=1S/C16H14Cl2N2O/c17-13-6-3-7-14(16(13)18)19-15(21)10-20-8-11-4-1-2-5-12(11)9-20/h1-7H,8-10H2,(H,19,21). The van der Waals surface area contributed by atoms with E-state index in [0.29, 0.717) is 22.3 Å². The number of carbonyl (C=O) groups is 1. The summed E-state index contributed by atoms with van der Waals surface area (Å²) in [6.45, 7) is 1.93. The molecule has 0 aromatic heterocycles. The third-order valence-electron chi connectivity index (χ3n) is 3.50. The first-order valence-electron chi connectivity index (χ1n) is 6.66. The van der Waals surface area contributed by atoms with Crippen LogP contribution in [0.1, 0.15) is 11.1 Å². The molecule has 3 nitrogen and oxygen atoms in total. The van der Waals surface area contributed by atoms with E-state index in [-0.39, 0.29) is 5.91 Å². The van der Waals surface area contributed by atoms with Gasteiger partial charge in [-0.25, -0.2) is 0 Å². The second-order valence-electron chi connectivity index (χ2n) is 5.06. The molecule has 1 aliphatic heterocycles. The number of hydrogen-bond donors (Lipinski definition) is 1. The van der Waals surface area contributed by atoms with Crippen LogP contribution in [0.25, 0.3) is 0 Å². The molecule has 21 heavy (non-hydrogen) atoms. The molecular weight excluding hydrogens is 307 g/mol. The monoisotopic (exact) mass is 320 g/mol. The van der Waals surface area contributed by atoms with E-state index in [1.807, 2.05) is 12.1 Å². The first-order chi connectivity index (χ1) is 10.1. The molecule has 0 atom stereocenters. The van der Waals surface area contributed by atoms with Crippen molar-refractivity contribution in [3.63, 3.8) is 0 Å². The summed E-state index contributed by atoms with van der Waals surface area (Å²) in [6.07, 6.45) is 0. The molecule has 0 fully saturated rings. The fraction of sp³-hybridized carbons (Fsp3) is 0.188. The number of carbonyl (C=O) groups excluding carboxylic acids is 1. The topological polar surface area (TPSA) is 32.3 Å². The minimum atomic E-state index is -0.0908. The first kappa shape index (κ1) is 14.4. The SMILES string of the molecule is O=C(CN1Cc2ccccc2C1)Nc1cccc(Cl)c1Cl. The molecule has 5 heteroatoms. The maximum atomic E-state index is 12.1. The van der Waals surface area contributed by atoms with Gasteiger partial charge in [-0.15, -0.1) is 0 Å². The quantitative estimate of drug-likeness (QED) is 0.928. The number of amides is 1. The Bertz CT molecular complexity index is 663. The van der Waals surface area contributed by atoms with Crippen molar-refractivity contribution in [2.45, 2.75) is 13.1 Å². The summed E-state index contributed by atoms with van der Waals surface area (Å²) in [6, 6.07) is 13.4. The fourth-order valence-electron chi connectivity index (χ4n) is 2.51. The average molecular weight is 321 g/mol. The van der Waals surface area contributed by atoms with Crippen LogP contribution in [0.5, 0.6) is 0 Å². The highest BCUT2D eigenvalue weighted by molar-refractivity contribution is 6.43. The van der Waals surface area contributed by atoms with Gasteiger partial charge in [-0.2, -0.15) is 0 Å². The first-order valence-corrected chi connectivity index (χ1v) is 7.42. The predicted molar refractivity (Wildman–Crippen MR) is 85.6 cm³/mol. The lowest BCUT2D eigenvalue weighted by Crippen LogP contribution is -2.29. The molecule has 0 unspecified atom stereocenters. The van der Waals surface area contributed by atoms with E-state index < -0.39 is 0 Å². The Kier molecular flexibility index (Phi) is 4.15. The maximum Gasteiger partial charge on any atom is 0.238 e. The van der Waals surface area contributed by atoms with Crippen molar-refractivity contribution in [1.29, 1.82) is 0 Å². The Hall–Kier alpha value is -1.55. The van der Waals surface area contributed by atoms with E-state index in [0.717, 1.165) is 13.1 Å². The van der Waals surface area contributed by atoms with Crippen molar-refractivity contribution in [2.24, 2.45) is 0 Å². The number of benzene rings is 2. The van der Waals surface area contributed by atoms with E-state index in [1.54, 1.807) is 18.2 Å². The predicted octanol–water partition coefficient (Wildman–Crippen LogP) is 3.95. The molecule has 0 bridgehead atoms. The van der Waals surface area contributed by atoms with Gasteiger partial charge in [-0.1, -0.05) is 53.5 Å². The summed E-state index contributed by atoms with van der Waals surface area (Å²) >= 11 is 12.0. The van der Waals surface area contributed by atoms with Crippen molar-refractivity contribution in [3.05, 3.63) is 63.6 Å². The molecule has 0 radical (unpaired) electrons. The van der Waals surface area contributed by atoms with Crippen LogP contribution < -0.4 is 5.32 Å². The number of hydrogen-bond acceptors (Lipinski definition) is 2. The number of halogens is 2. The van der Waals surface area contributed by atoms with Gasteiger partial charge >= 0.3 is 0 Å². The Morgan fingerprint density at radius 1 is 1.05 bits per heavy atom. The minimum absolute atomic E-state index is 0.0908. The van der Waals surface area contributed by atoms with E-state index in [1.165, 1.54) is 11.1 Å². The van der Waals surface area contributed by atoms with Gasteiger partial charge < -0.3 is 5.32 Å². The van der Waals surface area contributed by atoms with Crippen LogP contribution in [-0.4, -0.2) is 17.4 Å². The van der Waals surface area contributed by atoms with E-state index >= 15 is 0 Å². The lowest BCUT2D eigenvalue weighted by atomic mass is 10.1. The largest absolute Gasteiger partial charge is 0.324 e. The van der Waals surface area contributed by atoms with Crippen LogP contribution >= 0.6 is 23.2 Å². The fourth-order valence-corrected chi connectivity index (χ4v) is 2.86. The summed E-state index contributed by atoms with van der Waals surface area (Å²) in [4.78, 5) is 14.2. The Morgan fingerprint density at radius 2 is 1.71 bits per heavy atom. The summed E-state index contributed by atoms with van der Waals surface area (Å²) in [5.41, 5.74) is 3.11. The van der Waals surface area contributed by atoms with Crippen LogP contribution in [0.15, 0.2) is 42.5 Å². The molecule has 1 heterocycles. The minimum Gasteiger partial charge on any atom is -0.324 e. The lowest BCUT2D eigenvalue weighted by Gasteiger charge is -2.15. The van der Waals surface area contributed by atoms with E-state index in [2.05, 4.69) is 22.3 Å². The third kappa shape index (κ3) is 3.21. The number of rotatable bonds is 3. The summed E-state index contributed by atoms with van der Waals surface area (Å²) < 4.78 is 0. The van der Waals surface area contributed by atoms with Crippen molar-refractivity contribution >= 4 is 34.8 Å². The van der Waals surface area contributed by atoms with Gasteiger partial charge in [0.1, 0.15) is 0 Å². The highest BCUT2D eigenvalue weighted by Gasteiger charge is 2.20. The average Bonchev–Trinajstić information content (AvgIpc) is 2.86. The molecule has 108 valence electrons. The van der Waals surface area contributed by atoms with Gasteiger partial charge in [0.25, 0.3) is 0 Å². The molecule has 0 aliphatic carbocycles. The second-order valence-corrected chi connectivity index (χ2v) is 5.85. The Morgan fingerprint density at radius 3 is 2.38 bits per heavy atom. The zero-order chi connectivity index (χ0) is 14.8. The van der Waals surface area contributed by atoms with Crippen LogP contribution in [-0.2, 0) is 17.9 Å². The number of nitrogens with one attached hydrogen (secondary N) is 1. The van der Waals surface area contributed by atoms with Crippen molar-refractivity contribution in [2.75, 3.05) is 11.9 Å². The van der Waals surface area contributed by atoms with Crippen molar-refractivity contribution in [3.8, 4) is 0 Å². The molecule has 1 N–H and O–H groups in total. The highest BCUT2D eigenvalue weighted by atomic mass is 35.5. The molecule has 2 aromatic carbocycles. The third-order valence-corrected chi connectivity index (χ3v) is 4.32. The van der Waals surface area contributed by atoms with Crippen LogP contribution in [0.3, 0.4) is 0 Å². The molecule has 0 spiro atoms. The Balaban J connectivity index is 1.62. The lowest BCUT2D eigenvalue weighted by molar-refractivity contribution is -0.117. The van der Waals surface area contributed by atoms with Gasteiger partial charge in [0, 0.05) is 13.1 Å². The maximum absolute atomic E-state index is 12.1. The summed E-state index contributed by atoms with van der Waals surface area (Å²) in [5.74, 6) is -0.0908. The smallest absolute Gasteiger partial charge is 0.238 e. The molecule has 2 aromatic rings. The van der Waals surface area contributed by atoms with Crippen LogP contribution in [0.4, 0.5) is 5.69 Å². The second kappa shape index (κ2) is 6.06. The number of nitrogens with zero attached hydrogens (tertiary/aromatic N) is 1.